The zero-order chi connectivity index (χ0) is 13.4. The second kappa shape index (κ2) is 4.48. The number of benzene rings is 1. The first-order chi connectivity index (χ1) is 9.20. The Balaban J connectivity index is 2.29. The van der Waals surface area contributed by atoms with Gasteiger partial charge in [0.25, 0.3) is 0 Å². The lowest BCUT2D eigenvalue weighted by atomic mass is 10.0. The molecule has 2 heterocycles. The van der Waals surface area contributed by atoms with Crippen LogP contribution in [0.4, 0.5) is 0 Å². The van der Waals surface area contributed by atoms with Crippen LogP contribution in [0.2, 0.25) is 0 Å². The molecule has 0 fully saturated rings. The molecule has 0 amide bonds. The van der Waals surface area contributed by atoms with Gasteiger partial charge in [-0.05, 0) is 36.6 Å². The predicted molar refractivity (Wildman–Crippen MR) is 76.7 cm³/mol. The van der Waals surface area contributed by atoms with Gasteiger partial charge in [0.05, 0.1) is 5.69 Å². The molecule has 0 spiro atoms. The quantitative estimate of drug-likeness (QED) is 0.736. The molecule has 0 saturated carbocycles. The number of hydrogen-bond acceptors (Lipinski definition) is 3. The van der Waals surface area contributed by atoms with Crippen LogP contribution in [0.1, 0.15) is 16.7 Å². The first-order valence-corrected chi connectivity index (χ1v) is 6.29. The van der Waals surface area contributed by atoms with Gasteiger partial charge >= 0.3 is 0 Å². The summed E-state index contributed by atoms with van der Waals surface area (Å²) >= 11 is 0. The molecule has 0 aliphatic rings. The molecule has 96 valence electrons. The van der Waals surface area contributed by atoms with Crippen LogP contribution >= 0.6 is 0 Å². The van der Waals surface area contributed by atoms with E-state index in [0.717, 1.165) is 27.9 Å². The van der Waals surface area contributed by atoms with Crippen molar-refractivity contribution in [2.75, 3.05) is 0 Å². The second-order valence-electron chi connectivity index (χ2n) is 4.76. The van der Waals surface area contributed by atoms with E-state index in [1.807, 2.05) is 6.20 Å². The maximum atomic E-state index is 5.79. The number of H-pyrrole nitrogens is 1. The molecule has 0 aliphatic carbocycles. The van der Waals surface area contributed by atoms with E-state index in [2.05, 4.69) is 47.0 Å². The number of nitrogens with zero attached hydrogens (tertiary/aromatic N) is 2. The number of aryl methyl sites for hydroxylation is 2. The molecule has 4 heteroatoms. The van der Waals surface area contributed by atoms with E-state index in [0.29, 0.717) is 6.54 Å². The number of aromatic amines is 1. The highest BCUT2D eigenvalue weighted by atomic mass is 14.9. The Bertz CT molecular complexity index is 743. The molecule has 3 rings (SSSR count). The van der Waals surface area contributed by atoms with E-state index < -0.39 is 0 Å². The fraction of sp³-hybridized carbons (Fsp3) is 0.200. The molecular formula is C15H16N4. The van der Waals surface area contributed by atoms with Crippen LogP contribution in [0.5, 0.6) is 0 Å². The molecule has 0 aliphatic heterocycles. The van der Waals surface area contributed by atoms with E-state index in [1.54, 1.807) is 6.33 Å². The van der Waals surface area contributed by atoms with E-state index in [4.69, 9.17) is 5.73 Å². The van der Waals surface area contributed by atoms with Crippen molar-refractivity contribution in [2.24, 2.45) is 5.73 Å². The van der Waals surface area contributed by atoms with Gasteiger partial charge in [-0.1, -0.05) is 12.1 Å². The first kappa shape index (κ1) is 11.9. The summed E-state index contributed by atoms with van der Waals surface area (Å²) in [6, 6.07) is 6.37. The zero-order valence-corrected chi connectivity index (χ0v) is 11.1. The number of nitrogens with two attached hydrogens (primary N) is 1. The van der Waals surface area contributed by atoms with Crippen molar-refractivity contribution in [2.45, 2.75) is 20.4 Å². The van der Waals surface area contributed by atoms with E-state index >= 15 is 0 Å². The Kier molecular flexibility index (Phi) is 2.80. The first-order valence-electron chi connectivity index (χ1n) is 6.29. The molecule has 19 heavy (non-hydrogen) atoms. The minimum Gasteiger partial charge on any atom is -0.346 e. The van der Waals surface area contributed by atoms with Gasteiger partial charge in [-0.2, -0.15) is 0 Å². The van der Waals surface area contributed by atoms with Gasteiger partial charge in [0.1, 0.15) is 12.0 Å². The van der Waals surface area contributed by atoms with Crippen molar-refractivity contribution in [3.8, 4) is 11.3 Å². The van der Waals surface area contributed by atoms with Crippen LogP contribution in [-0.2, 0) is 6.54 Å². The molecule has 0 atom stereocenters. The summed E-state index contributed by atoms with van der Waals surface area (Å²) in [5, 5.41) is 1.02. The molecule has 1 aromatic carbocycles. The molecular weight excluding hydrogens is 236 g/mol. The van der Waals surface area contributed by atoms with Gasteiger partial charge in [0.15, 0.2) is 0 Å². The average Bonchev–Trinajstić information content (AvgIpc) is 2.85. The maximum absolute atomic E-state index is 5.79. The van der Waals surface area contributed by atoms with Crippen molar-refractivity contribution in [3.63, 3.8) is 0 Å². The third-order valence-electron chi connectivity index (χ3n) is 3.55. The number of hydrogen-bond donors (Lipinski definition) is 2. The summed E-state index contributed by atoms with van der Waals surface area (Å²) in [5.74, 6) is 0. The minimum absolute atomic E-state index is 0.477. The Morgan fingerprint density at radius 2 is 2.00 bits per heavy atom. The highest BCUT2D eigenvalue weighted by molar-refractivity contribution is 5.93. The highest BCUT2D eigenvalue weighted by Gasteiger charge is 2.12. The van der Waals surface area contributed by atoms with Gasteiger partial charge in [-0.3, -0.25) is 0 Å². The van der Waals surface area contributed by atoms with Crippen LogP contribution in [0, 0.1) is 13.8 Å². The van der Waals surface area contributed by atoms with Crippen molar-refractivity contribution in [1.82, 2.24) is 15.0 Å². The molecule has 4 nitrogen and oxygen atoms in total. The Morgan fingerprint density at radius 1 is 1.16 bits per heavy atom. The van der Waals surface area contributed by atoms with Gasteiger partial charge in [-0.15, -0.1) is 0 Å². The van der Waals surface area contributed by atoms with Crippen molar-refractivity contribution >= 4 is 11.0 Å². The van der Waals surface area contributed by atoms with Gasteiger partial charge in [0, 0.05) is 23.7 Å². The highest BCUT2D eigenvalue weighted by Crippen LogP contribution is 2.28. The van der Waals surface area contributed by atoms with Crippen molar-refractivity contribution in [1.29, 1.82) is 0 Å². The van der Waals surface area contributed by atoms with Crippen molar-refractivity contribution < 1.29 is 0 Å². The van der Waals surface area contributed by atoms with Crippen molar-refractivity contribution in [3.05, 3.63) is 47.4 Å². The van der Waals surface area contributed by atoms with Gasteiger partial charge in [-0.25, -0.2) is 9.97 Å². The summed E-state index contributed by atoms with van der Waals surface area (Å²) in [6.07, 6.45) is 3.49. The summed E-state index contributed by atoms with van der Waals surface area (Å²) in [5.41, 5.74) is 12.2. The van der Waals surface area contributed by atoms with Crippen LogP contribution in [0.15, 0.2) is 30.7 Å². The van der Waals surface area contributed by atoms with E-state index in [-0.39, 0.29) is 0 Å². The van der Waals surface area contributed by atoms with Crippen LogP contribution < -0.4 is 5.73 Å². The predicted octanol–water partition coefficient (Wildman–Crippen LogP) is 2.70. The Hall–Kier alpha value is -2.20. The monoisotopic (exact) mass is 252 g/mol. The lowest BCUT2D eigenvalue weighted by Gasteiger charge is -2.07. The largest absolute Gasteiger partial charge is 0.346 e. The molecule has 0 unspecified atom stereocenters. The van der Waals surface area contributed by atoms with E-state index in [9.17, 15) is 0 Å². The lowest BCUT2D eigenvalue weighted by molar-refractivity contribution is 1.08. The fourth-order valence-electron chi connectivity index (χ4n) is 2.30. The normalized spacial score (nSPS) is 11.1. The molecule has 0 radical (unpaired) electrons. The van der Waals surface area contributed by atoms with Gasteiger partial charge in [0.2, 0.25) is 0 Å². The average molecular weight is 252 g/mol. The zero-order valence-electron chi connectivity index (χ0n) is 11.1. The van der Waals surface area contributed by atoms with E-state index in [1.165, 1.54) is 11.1 Å². The molecule has 3 aromatic rings. The van der Waals surface area contributed by atoms with Crippen LogP contribution in [0.3, 0.4) is 0 Å². The second-order valence-corrected chi connectivity index (χ2v) is 4.76. The smallest absolute Gasteiger partial charge is 0.141 e. The maximum Gasteiger partial charge on any atom is 0.141 e. The lowest BCUT2D eigenvalue weighted by Crippen LogP contribution is -1.97. The number of fused-ring (bicyclic) bond motifs is 1. The third-order valence-corrected chi connectivity index (χ3v) is 3.55. The molecule has 0 saturated heterocycles. The molecule has 3 N–H and O–H groups in total. The summed E-state index contributed by atoms with van der Waals surface area (Å²) in [7, 11) is 0. The Labute approximate surface area is 111 Å². The minimum atomic E-state index is 0.477. The fourth-order valence-corrected chi connectivity index (χ4v) is 2.30. The number of aromatic nitrogens is 3. The number of rotatable bonds is 2. The van der Waals surface area contributed by atoms with Crippen LogP contribution in [0.25, 0.3) is 22.3 Å². The number of nitrogens with one attached hydrogen (secondary N) is 1. The summed E-state index contributed by atoms with van der Waals surface area (Å²) in [6.45, 7) is 4.69. The SMILES string of the molecule is Cc1ccc(-c2ncnc3[nH]cc(CN)c23)cc1C. The molecule has 2 aromatic heterocycles. The third kappa shape index (κ3) is 1.90. The topological polar surface area (TPSA) is 67.6 Å². The van der Waals surface area contributed by atoms with Gasteiger partial charge < -0.3 is 10.7 Å². The molecule has 0 bridgehead atoms. The van der Waals surface area contributed by atoms with Crippen LogP contribution in [-0.4, -0.2) is 15.0 Å². The Morgan fingerprint density at radius 3 is 2.74 bits per heavy atom. The standard InChI is InChI=1S/C15H16N4/c1-9-3-4-11(5-10(9)2)14-13-12(6-16)7-17-15(13)19-8-18-14/h3-5,7-8H,6,16H2,1-2H3,(H,17,18,19). The summed E-state index contributed by atoms with van der Waals surface area (Å²) in [4.78, 5) is 11.8. The summed E-state index contributed by atoms with van der Waals surface area (Å²) < 4.78 is 0.